The number of halogens is 1. The number of imide groups is 1. The zero-order valence-electron chi connectivity index (χ0n) is 9.52. The Kier molecular flexibility index (Phi) is 2.40. The van der Waals surface area contributed by atoms with Gasteiger partial charge in [0.25, 0.3) is 0 Å². The predicted molar refractivity (Wildman–Crippen MR) is 63.3 cm³/mol. The van der Waals surface area contributed by atoms with Crippen molar-refractivity contribution in [3.8, 4) is 0 Å². The van der Waals surface area contributed by atoms with Crippen LogP contribution in [0.1, 0.15) is 18.9 Å². The highest BCUT2D eigenvalue weighted by atomic mass is 19.1. The summed E-state index contributed by atoms with van der Waals surface area (Å²) >= 11 is 0. The standard InChI is InChI=1S/C13H11FN2O2/c14-10-3-1-2-8-6-16(7-9(8)10)11-4-5-12(17)15-13(11)18/h1-3,6-7,11H,4-5H2,(H,15,17,18). The number of benzene rings is 1. The van der Waals surface area contributed by atoms with E-state index in [4.69, 9.17) is 0 Å². The van der Waals surface area contributed by atoms with E-state index in [9.17, 15) is 14.0 Å². The first-order valence-corrected chi connectivity index (χ1v) is 5.74. The van der Waals surface area contributed by atoms with E-state index in [1.807, 2.05) is 0 Å². The van der Waals surface area contributed by atoms with Crippen molar-refractivity contribution in [1.29, 1.82) is 0 Å². The molecule has 0 radical (unpaired) electrons. The average molecular weight is 246 g/mol. The average Bonchev–Trinajstić information content (AvgIpc) is 2.74. The first-order chi connectivity index (χ1) is 8.65. The van der Waals surface area contributed by atoms with Gasteiger partial charge in [-0.1, -0.05) is 12.1 Å². The third-order valence-electron chi connectivity index (χ3n) is 3.22. The molecule has 1 aromatic carbocycles. The van der Waals surface area contributed by atoms with Gasteiger partial charge >= 0.3 is 0 Å². The Bertz CT molecular complexity index is 647. The molecule has 18 heavy (non-hydrogen) atoms. The van der Waals surface area contributed by atoms with Gasteiger partial charge in [-0.3, -0.25) is 14.9 Å². The number of fused-ring (bicyclic) bond motifs is 1. The highest BCUT2D eigenvalue weighted by molar-refractivity contribution is 5.99. The molecule has 92 valence electrons. The van der Waals surface area contributed by atoms with Gasteiger partial charge in [-0.25, -0.2) is 4.39 Å². The van der Waals surface area contributed by atoms with Crippen LogP contribution < -0.4 is 5.32 Å². The summed E-state index contributed by atoms with van der Waals surface area (Å²) in [6.45, 7) is 0. The molecule has 2 aromatic rings. The van der Waals surface area contributed by atoms with Gasteiger partial charge in [-0.05, 0) is 12.5 Å². The molecule has 1 aliphatic heterocycles. The first-order valence-electron chi connectivity index (χ1n) is 5.74. The Morgan fingerprint density at radius 3 is 2.83 bits per heavy atom. The van der Waals surface area contributed by atoms with E-state index >= 15 is 0 Å². The zero-order valence-corrected chi connectivity index (χ0v) is 9.52. The van der Waals surface area contributed by atoms with Crippen molar-refractivity contribution in [3.63, 3.8) is 0 Å². The number of carbonyl (C=O) groups is 2. The zero-order chi connectivity index (χ0) is 12.7. The minimum absolute atomic E-state index is 0.251. The van der Waals surface area contributed by atoms with Crippen molar-refractivity contribution in [2.24, 2.45) is 0 Å². The van der Waals surface area contributed by atoms with Gasteiger partial charge in [-0.2, -0.15) is 0 Å². The van der Waals surface area contributed by atoms with Crippen LogP contribution in [-0.2, 0) is 9.59 Å². The van der Waals surface area contributed by atoms with Gasteiger partial charge in [0.05, 0.1) is 0 Å². The number of nitrogens with one attached hydrogen (secondary N) is 1. The molecular weight excluding hydrogens is 235 g/mol. The third-order valence-corrected chi connectivity index (χ3v) is 3.22. The maximum atomic E-state index is 13.6. The van der Waals surface area contributed by atoms with Crippen molar-refractivity contribution in [1.82, 2.24) is 9.88 Å². The highest BCUT2D eigenvalue weighted by Crippen LogP contribution is 2.25. The van der Waals surface area contributed by atoms with Crippen LogP contribution in [0.4, 0.5) is 4.39 Å². The number of nitrogens with zero attached hydrogens (tertiary/aromatic N) is 1. The summed E-state index contributed by atoms with van der Waals surface area (Å²) in [6.07, 6.45) is 4.11. The summed E-state index contributed by atoms with van der Waals surface area (Å²) in [6, 6.07) is 4.37. The molecule has 2 heterocycles. The molecule has 1 saturated heterocycles. The van der Waals surface area contributed by atoms with Gasteiger partial charge in [0.2, 0.25) is 11.8 Å². The summed E-state index contributed by atoms with van der Waals surface area (Å²) in [5.74, 6) is -0.885. The maximum Gasteiger partial charge on any atom is 0.249 e. The maximum absolute atomic E-state index is 13.6. The smallest absolute Gasteiger partial charge is 0.249 e. The van der Waals surface area contributed by atoms with E-state index in [-0.39, 0.29) is 17.6 Å². The molecule has 1 aliphatic rings. The molecule has 3 rings (SSSR count). The van der Waals surface area contributed by atoms with E-state index in [0.717, 1.165) is 5.39 Å². The fourth-order valence-corrected chi connectivity index (χ4v) is 2.30. The van der Waals surface area contributed by atoms with Crippen LogP contribution in [0, 0.1) is 5.82 Å². The lowest BCUT2D eigenvalue weighted by atomic mass is 10.1. The molecule has 0 bridgehead atoms. The van der Waals surface area contributed by atoms with Crippen LogP contribution >= 0.6 is 0 Å². The van der Waals surface area contributed by atoms with Gasteiger partial charge in [0.1, 0.15) is 11.9 Å². The number of aromatic nitrogens is 1. The number of hydrogen-bond acceptors (Lipinski definition) is 2. The van der Waals surface area contributed by atoms with Crippen LogP contribution in [0.3, 0.4) is 0 Å². The first kappa shape index (κ1) is 11.0. The Labute approximate surface area is 102 Å². The number of rotatable bonds is 1. The molecular formula is C13H11FN2O2. The van der Waals surface area contributed by atoms with Crippen LogP contribution in [-0.4, -0.2) is 16.4 Å². The van der Waals surface area contributed by atoms with Crippen LogP contribution in [0.5, 0.6) is 0 Å². The Morgan fingerprint density at radius 1 is 1.28 bits per heavy atom. The normalized spacial score (nSPS) is 20.2. The predicted octanol–water partition coefficient (Wildman–Crippen LogP) is 1.76. The van der Waals surface area contributed by atoms with Crippen molar-refractivity contribution < 1.29 is 14.0 Å². The lowest BCUT2D eigenvalue weighted by molar-refractivity contribution is -0.135. The molecule has 1 N–H and O–H groups in total. The molecule has 1 atom stereocenters. The van der Waals surface area contributed by atoms with Crippen LogP contribution in [0.2, 0.25) is 0 Å². The molecule has 1 aromatic heterocycles. The molecule has 1 fully saturated rings. The molecule has 2 amide bonds. The molecule has 5 heteroatoms. The molecule has 1 unspecified atom stereocenters. The summed E-state index contributed by atoms with van der Waals surface area (Å²) in [5, 5.41) is 3.53. The third kappa shape index (κ3) is 1.68. The number of piperidine rings is 1. The Balaban J connectivity index is 2.02. The summed E-state index contributed by atoms with van der Waals surface area (Å²) < 4.78 is 15.2. The monoisotopic (exact) mass is 246 g/mol. The summed E-state index contributed by atoms with van der Waals surface area (Å²) in [5.41, 5.74) is 0. The molecule has 0 aliphatic carbocycles. The van der Waals surface area contributed by atoms with E-state index in [0.29, 0.717) is 18.2 Å². The molecule has 0 spiro atoms. The van der Waals surface area contributed by atoms with Gasteiger partial charge in [-0.15, -0.1) is 0 Å². The van der Waals surface area contributed by atoms with Crippen molar-refractivity contribution in [2.75, 3.05) is 0 Å². The van der Waals surface area contributed by atoms with Crippen molar-refractivity contribution in [2.45, 2.75) is 18.9 Å². The largest absolute Gasteiger partial charge is 0.341 e. The minimum Gasteiger partial charge on any atom is -0.341 e. The quantitative estimate of drug-likeness (QED) is 0.779. The van der Waals surface area contributed by atoms with E-state index < -0.39 is 6.04 Å². The second kappa shape index (κ2) is 3.94. The fraction of sp³-hybridized carbons (Fsp3) is 0.231. The van der Waals surface area contributed by atoms with E-state index in [1.54, 1.807) is 29.1 Å². The fourth-order valence-electron chi connectivity index (χ4n) is 2.30. The number of carbonyl (C=O) groups excluding carboxylic acids is 2. The van der Waals surface area contributed by atoms with Gasteiger partial charge in [0.15, 0.2) is 0 Å². The summed E-state index contributed by atoms with van der Waals surface area (Å²) in [4.78, 5) is 22.8. The number of hydrogen-bond donors (Lipinski definition) is 1. The SMILES string of the molecule is O=C1CCC(n2cc3cccc(F)c3c2)C(=O)N1. The van der Waals surface area contributed by atoms with Gasteiger partial charge in [0, 0.05) is 29.6 Å². The number of amides is 2. The van der Waals surface area contributed by atoms with Crippen molar-refractivity contribution in [3.05, 3.63) is 36.4 Å². The van der Waals surface area contributed by atoms with Crippen LogP contribution in [0.25, 0.3) is 10.8 Å². The highest BCUT2D eigenvalue weighted by Gasteiger charge is 2.27. The molecule has 0 saturated carbocycles. The Hall–Kier alpha value is -2.17. The second-order valence-corrected chi connectivity index (χ2v) is 4.42. The molecule has 4 nitrogen and oxygen atoms in total. The second-order valence-electron chi connectivity index (χ2n) is 4.42. The van der Waals surface area contributed by atoms with Crippen LogP contribution in [0.15, 0.2) is 30.6 Å². The minimum atomic E-state index is -0.436. The topological polar surface area (TPSA) is 51.1 Å². The van der Waals surface area contributed by atoms with Gasteiger partial charge < -0.3 is 4.57 Å². The van der Waals surface area contributed by atoms with Crippen molar-refractivity contribution >= 4 is 22.6 Å². The lowest BCUT2D eigenvalue weighted by Gasteiger charge is -2.21. The van der Waals surface area contributed by atoms with E-state index in [2.05, 4.69) is 5.32 Å². The lowest BCUT2D eigenvalue weighted by Crippen LogP contribution is -2.41. The van der Waals surface area contributed by atoms with E-state index in [1.165, 1.54) is 6.07 Å². The Morgan fingerprint density at radius 2 is 2.11 bits per heavy atom. The summed E-state index contributed by atoms with van der Waals surface area (Å²) in [7, 11) is 0.